The first-order valence-corrected chi connectivity index (χ1v) is 10.2. The molecule has 0 saturated heterocycles. The topological polar surface area (TPSA) is 93.8 Å². The number of aryl methyl sites for hydroxylation is 1. The molecule has 0 aliphatic rings. The zero-order valence-electron chi connectivity index (χ0n) is 19.1. The van der Waals surface area contributed by atoms with Crippen LogP contribution in [0.1, 0.15) is 57.7 Å². The highest BCUT2D eigenvalue weighted by molar-refractivity contribution is 5.84. The van der Waals surface area contributed by atoms with E-state index in [1.807, 2.05) is 37.3 Å². The van der Waals surface area contributed by atoms with Crippen molar-refractivity contribution in [3.8, 4) is 5.75 Å². The number of carbonyl (C=O) groups excluding carboxylic acids is 1. The molecule has 2 aromatic rings. The van der Waals surface area contributed by atoms with Crippen LogP contribution in [0.5, 0.6) is 5.75 Å². The molecule has 2 rings (SSSR count). The summed E-state index contributed by atoms with van der Waals surface area (Å²) in [7, 11) is 0. The normalized spacial score (nSPS) is 12.1. The quantitative estimate of drug-likeness (QED) is 0.360. The van der Waals surface area contributed by atoms with Crippen molar-refractivity contribution in [2.75, 3.05) is 6.61 Å². The summed E-state index contributed by atoms with van der Waals surface area (Å²) in [6.45, 7) is 12.1. The molecule has 0 unspecified atom stereocenters. The first kappa shape index (κ1) is 24.1. The average molecular weight is 426 g/mol. The van der Waals surface area contributed by atoms with Crippen molar-refractivity contribution in [2.24, 2.45) is 10.5 Å². The van der Waals surface area contributed by atoms with Crippen LogP contribution in [0.3, 0.4) is 0 Å². The van der Waals surface area contributed by atoms with Crippen LogP contribution in [0.4, 0.5) is 5.69 Å². The third-order valence-electron chi connectivity index (χ3n) is 4.85. The maximum absolute atomic E-state index is 12.0. The lowest BCUT2D eigenvalue weighted by Crippen LogP contribution is -2.26. The third-order valence-corrected chi connectivity index (χ3v) is 4.85. The maximum Gasteiger partial charge on any atom is 0.311 e. The molecule has 1 amide bonds. The first-order chi connectivity index (χ1) is 14.4. The summed E-state index contributed by atoms with van der Waals surface area (Å²) in [5.74, 6) is -0.449. The Balaban J connectivity index is 2.06. The van der Waals surface area contributed by atoms with Gasteiger partial charge in [-0.25, -0.2) is 5.43 Å². The van der Waals surface area contributed by atoms with Crippen molar-refractivity contribution in [1.82, 2.24) is 5.43 Å². The van der Waals surface area contributed by atoms with E-state index in [1.165, 1.54) is 6.07 Å². The highest BCUT2D eigenvalue weighted by Gasteiger charge is 2.29. The molecule has 0 spiro atoms. The summed E-state index contributed by atoms with van der Waals surface area (Å²) in [6.07, 6.45) is 2.40. The molecule has 166 valence electrons. The number of hydrazone groups is 1. The minimum Gasteiger partial charge on any atom is -0.477 e. The Bertz CT molecular complexity index is 975. The molecule has 0 aromatic heterocycles. The van der Waals surface area contributed by atoms with Gasteiger partial charge in [-0.3, -0.25) is 14.9 Å². The molecule has 0 saturated carbocycles. The summed E-state index contributed by atoms with van der Waals surface area (Å²) in [5, 5.41) is 15.5. The van der Waals surface area contributed by atoms with E-state index >= 15 is 0 Å². The molecule has 0 atom stereocenters. The fourth-order valence-corrected chi connectivity index (χ4v) is 3.71. The average Bonchev–Trinajstić information content (AvgIpc) is 2.65. The zero-order valence-corrected chi connectivity index (χ0v) is 19.1. The van der Waals surface area contributed by atoms with Crippen LogP contribution < -0.4 is 10.2 Å². The number of ether oxygens (including phenoxy) is 1. The lowest BCUT2D eigenvalue weighted by Gasteiger charge is -2.33. The Kier molecular flexibility index (Phi) is 7.55. The summed E-state index contributed by atoms with van der Waals surface area (Å²) in [4.78, 5) is 23.1. The number of benzene rings is 2. The second kappa shape index (κ2) is 9.73. The zero-order chi connectivity index (χ0) is 23.2. The van der Waals surface area contributed by atoms with E-state index in [1.54, 1.807) is 12.3 Å². The van der Waals surface area contributed by atoms with E-state index in [0.717, 1.165) is 23.1 Å². The predicted molar refractivity (Wildman–Crippen MR) is 123 cm³/mol. The van der Waals surface area contributed by atoms with E-state index in [4.69, 9.17) is 4.74 Å². The van der Waals surface area contributed by atoms with Gasteiger partial charge in [0.05, 0.1) is 11.1 Å². The molecule has 0 bridgehead atoms. The van der Waals surface area contributed by atoms with Gasteiger partial charge in [0.2, 0.25) is 0 Å². The van der Waals surface area contributed by atoms with Crippen LogP contribution in [-0.2, 0) is 10.2 Å². The van der Waals surface area contributed by atoms with Gasteiger partial charge in [0, 0.05) is 6.07 Å². The van der Waals surface area contributed by atoms with Crippen molar-refractivity contribution >= 4 is 17.8 Å². The number of nitrogens with zero attached hydrogens (tertiary/aromatic N) is 2. The highest BCUT2D eigenvalue weighted by Crippen LogP contribution is 2.39. The van der Waals surface area contributed by atoms with Crippen molar-refractivity contribution in [3.05, 3.63) is 69.3 Å². The number of rotatable bonds is 8. The minimum absolute atomic E-state index is 0.0540. The van der Waals surface area contributed by atoms with Gasteiger partial charge in [0.15, 0.2) is 12.4 Å². The molecule has 0 aliphatic carbocycles. The summed E-state index contributed by atoms with van der Waals surface area (Å²) >= 11 is 0. The van der Waals surface area contributed by atoms with E-state index in [-0.39, 0.29) is 28.9 Å². The van der Waals surface area contributed by atoms with Crippen molar-refractivity contribution in [2.45, 2.75) is 53.4 Å². The molecule has 0 heterocycles. The van der Waals surface area contributed by atoms with Crippen LogP contribution >= 0.6 is 0 Å². The number of nitro groups is 1. The van der Waals surface area contributed by atoms with Gasteiger partial charge in [-0.15, -0.1) is 0 Å². The molecule has 2 aromatic carbocycles. The Hall–Kier alpha value is -3.22. The van der Waals surface area contributed by atoms with Gasteiger partial charge in [-0.1, -0.05) is 65.0 Å². The van der Waals surface area contributed by atoms with E-state index in [2.05, 4.69) is 45.1 Å². The molecule has 0 aliphatic heterocycles. The van der Waals surface area contributed by atoms with Gasteiger partial charge >= 0.3 is 5.69 Å². The largest absolute Gasteiger partial charge is 0.477 e. The molecule has 31 heavy (non-hydrogen) atoms. The standard InChI is InChI=1S/C24H31N3O4/c1-17-9-7-8-10-18(17)14-25-26-22(28)15-31-21-12-11-19(13-20(21)27(29)30)24(5,6)16-23(2,3)4/h7-14H,15-16H2,1-6H3,(H,26,28)/b25-14-. The van der Waals surface area contributed by atoms with E-state index in [0.29, 0.717) is 0 Å². The Labute approximate surface area is 183 Å². The van der Waals surface area contributed by atoms with Gasteiger partial charge in [-0.2, -0.15) is 5.10 Å². The lowest BCUT2D eigenvalue weighted by molar-refractivity contribution is -0.385. The molecule has 1 N–H and O–H groups in total. The Morgan fingerprint density at radius 1 is 1.16 bits per heavy atom. The van der Waals surface area contributed by atoms with Crippen LogP contribution in [0, 0.1) is 22.5 Å². The van der Waals surface area contributed by atoms with Gasteiger partial charge in [0.25, 0.3) is 5.91 Å². The fraction of sp³-hybridized carbons (Fsp3) is 0.417. The lowest BCUT2D eigenvalue weighted by atomic mass is 9.72. The molecule has 0 radical (unpaired) electrons. The van der Waals surface area contributed by atoms with Gasteiger partial charge in [0.1, 0.15) is 0 Å². The smallest absolute Gasteiger partial charge is 0.311 e. The SMILES string of the molecule is Cc1ccccc1/C=N\NC(=O)COc1ccc(C(C)(C)CC(C)(C)C)cc1[N+](=O)[O-]. The van der Waals surface area contributed by atoms with E-state index < -0.39 is 10.8 Å². The Morgan fingerprint density at radius 3 is 2.45 bits per heavy atom. The second-order valence-electron chi connectivity index (χ2n) is 9.50. The minimum atomic E-state index is -0.503. The Morgan fingerprint density at radius 2 is 1.84 bits per heavy atom. The van der Waals surface area contributed by atoms with Crippen LogP contribution in [0.15, 0.2) is 47.6 Å². The van der Waals surface area contributed by atoms with Gasteiger partial charge in [-0.05, 0) is 46.9 Å². The molecular weight excluding hydrogens is 394 g/mol. The maximum atomic E-state index is 12.0. The number of nitro benzene ring substituents is 1. The molecule has 0 fully saturated rings. The first-order valence-electron chi connectivity index (χ1n) is 10.2. The number of carbonyl (C=O) groups is 1. The molecule has 7 heteroatoms. The molecular formula is C24H31N3O4. The number of hydrogen-bond acceptors (Lipinski definition) is 5. The van der Waals surface area contributed by atoms with Crippen molar-refractivity contribution < 1.29 is 14.5 Å². The van der Waals surface area contributed by atoms with Crippen LogP contribution in [0.25, 0.3) is 0 Å². The van der Waals surface area contributed by atoms with Crippen molar-refractivity contribution in [1.29, 1.82) is 0 Å². The summed E-state index contributed by atoms with van der Waals surface area (Å²) in [6, 6.07) is 12.5. The highest BCUT2D eigenvalue weighted by atomic mass is 16.6. The summed E-state index contributed by atoms with van der Waals surface area (Å²) < 4.78 is 5.43. The number of hydrogen-bond donors (Lipinski definition) is 1. The third kappa shape index (κ3) is 7.20. The monoisotopic (exact) mass is 425 g/mol. The van der Waals surface area contributed by atoms with Crippen molar-refractivity contribution in [3.63, 3.8) is 0 Å². The fourth-order valence-electron chi connectivity index (χ4n) is 3.71. The van der Waals surface area contributed by atoms with Gasteiger partial charge < -0.3 is 4.74 Å². The second-order valence-corrected chi connectivity index (χ2v) is 9.50. The molecule has 7 nitrogen and oxygen atoms in total. The number of amides is 1. The predicted octanol–water partition coefficient (Wildman–Crippen LogP) is 5.15. The summed E-state index contributed by atoms with van der Waals surface area (Å²) in [5.41, 5.74) is 4.81. The number of nitrogens with one attached hydrogen (secondary N) is 1. The van der Waals surface area contributed by atoms with Crippen LogP contribution in [-0.4, -0.2) is 23.7 Å². The van der Waals surface area contributed by atoms with Crippen LogP contribution in [0.2, 0.25) is 0 Å². The van der Waals surface area contributed by atoms with E-state index in [9.17, 15) is 14.9 Å².